The smallest absolute Gasteiger partial charge is 0.115 e. The molecule has 0 aliphatic heterocycles. The molecule has 80 valence electrons. The van der Waals surface area contributed by atoms with Gasteiger partial charge in [0, 0.05) is 0 Å². The summed E-state index contributed by atoms with van der Waals surface area (Å²) in [5, 5.41) is 9.20. The molecule has 1 rings (SSSR count). The van der Waals surface area contributed by atoms with Crippen LogP contribution in [0.4, 0.5) is 0 Å². The maximum absolute atomic E-state index is 9.20. The van der Waals surface area contributed by atoms with E-state index in [9.17, 15) is 5.11 Å². The van der Waals surface area contributed by atoms with Crippen molar-refractivity contribution in [2.24, 2.45) is 5.92 Å². The first-order valence-electron chi connectivity index (χ1n) is 5.50. The van der Waals surface area contributed by atoms with E-state index in [4.69, 9.17) is 0 Å². The summed E-state index contributed by atoms with van der Waals surface area (Å²) >= 11 is 0. The molecule has 0 bridgehead atoms. The van der Waals surface area contributed by atoms with Crippen LogP contribution in [0.1, 0.15) is 39.7 Å². The zero-order chi connectivity index (χ0) is 11.0. The van der Waals surface area contributed by atoms with Crippen LogP contribution in [0, 0.1) is 5.92 Å². The van der Waals surface area contributed by atoms with Crippen LogP contribution < -0.4 is 0 Å². The van der Waals surface area contributed by atoms with Crippen LogP contribution in [0.25, 0.3) is 0 Å². The van der Waals surface area contributed by atoms with E-state index in [1.807, 2.05) is 26.0 Å². The number of phenolic OH excluding ortho intramolecular Hbond substituents is 1. The lowest BCUT2D eigenvalue weighted by molar-refractivity contribution is 0.473. The fraction of sp³-hybridized carbons (Fsp3) is 0.538. The lowest BCUT2D eigenvalue weighted by atomic mass is 9.99. The van der Waals surface area contributed by atoms with Gasteiger partial charge < -0.3 is 5.11 Å². The first-order chi connectivity index (χ1) is 6.72. The Morgan fingerprint density at radius 2 is 1.93 bits per heavy atom. The van der Waals surface area contributed by atoms with Crippen molar-refractivity contribution in [1.82, 2.24) is 0 Å². The molecule has 1 aromatic rings. The molecule has 1 aromatic carbocycles. The van der Waals surface area contributed by atoms with Crippen LogP contribution in [0.15, 0.2) is 24.3 Å². The third-order valence-electron chi connectivity index (χ3n) is 2.19. The van der Waals surface area contributed by atoms with E-state index in [1.54, 1.807) is 6.07 Å². The molecule has 1 N–H and O–H groups in total. The van der Waals surface area contributed by atoms with E-state index in [2.05, 4.69) is 19.9 Å². The van der Waals surface area contributed by atoms with Crippen LogP contribution in [-0.2, 0) is 6.42 Å². The Morgan fingerprint density at radius 1 is 1.29 bits per heavy atom. The minimum Gasteiger partial charge on any atom is -0.508 e. The molecule has 0 amide bonds. The van der Waals surface area contributed by atoms with Gasteiger partial charge in [0.25, 0.3) is 0 Å². The summed E-state index contributed by atoms with van der Waals surface area (Å²) in [7, 11) is 0. The molecule has 0 radical (unpaired) electrons. The Balaban J connectivity index is 0.000000791. The Kier molecular flexibility index (Phi) is 6.91. The third kappa shape index (κ3) is 4.90. The zero-order valence-corrected chi connectivity index (χ0v) is 9.75. The fourth-order valence-corrected chi connectivity index (χ4v) is 1.23. The summed E-state index contributed by atoms with van der Waals surface area (Å²) in [5.41, 5.74) is 1.23. The van der Waals surface area contributed by atoms with Crippen molar-refractivity contribution < 1.29 is 5.11 Å². The highest BCUT2D eigenvalue weighted by molar-refractivity contribution is 5.27. The maximum atomic E-state index is 9.20. The number of hydrogen-bond donors (Lipinski definition) is 1. The second kappa shape index (κ2) is 7.43. The van der Waals surface area contributed by atoms with Crippen LogP contribution >= 0.6 is 0 Å². The van der Waals surface area contributed by atoms with Crippen LogP contribution in [0.5, 0.6) is 5.75 Å². The van der Waals surface area contributed by atoms with Gasteiger partial charge in [-0.2, -0.15) is 0 Å². The summed E-state index contributed by atoms with van der Waals surface area (Å²) in [4.78, 5) is 0. The molecule has 14 heavy (non-hydrogen) atoms. The van der Waals surface area contributed by atoms with Gasteiger partial charge in [0.1, 0.15) is 5.75 Å². The first kappa shape index (κ1) is 13.0. The normalized spacial score (nSPS) is 11.4. The molecule has 0 heterocycles. The molecule has 0 aliphatic rings. The Labute approximate surface area is 87.8 Å². The molecular weight excluding hydrogens is 172 g/mol. The molecule has 0 saturated carbocycles. The Bertz CT molecular complexity index is 243. The standard InChI is InChI=1S/C11H16O.C2H6/c1-3-9(2)7-10-5-4-6-11(12)8-10;1-2/h4-6,8-9,12H,3,7H2,1-2H3;1-2H3. The van der Waals surface area contributed by atoms with Gasteiger partial charge >= 0.3 is 0 Å². The van der Waals surface area contributed by atoms with E-state index >= 15 is 0 Å². The monoisotopic (exact) mass is 194 g/mol. The van der Waals surface area contributed by atoms with Crippen molar-refractivity contribution in [3.05, 3.63) is 29.8 Å². The number of hydrogen-bond acceptors (Lipinski definition) is 1. The van der Waals surface area contributed by atoms with E-state index < -0.39 is 0 Å². The molecule has 1 nitrogen and oxygen atoms in total. The van der Waals surface area contributed by atoms with Crippen LogP contribution in [0.3, 0.4) is 0 Å². The highest BCUT2D eigenvalue weighted by atomic mass is 16.3. The number of phenols is 1. The van der Waals surface area contributed by atoms with Gasteiger partial charge in [-0.05, 0) is 30.0 Å². The van der Waals surface area contributed by atoms with E-state index in [1.165, 1.54) is 12.0 Å². The van der Waals surface area contributed by atoms with Crippen molar-refractivity contribution in [2.75, 3.05) is 0 Å². The van der Waals surface area contributed by atoms with Crippen LogP contribution in [-0.4, -0.2) is 5.11 Å². The van der Waals surface area contributed by atoms with Gasteiger partial charge in [0.2, 0.25) is 0 Å². The van der Waals surface area contributed by atoms with Crippen molar-refractivity contribution in [3.8, 4) is 5.75 Å². The minimum absolute atomic E-state index is 0.371. The summed E-state index contributed by atoms with van der Waals surface area (Å²) in [6.07, 6.45) is 2.25. The van der Waals surface area contributed by atoms with Gasteiger partial charge in [0.05, 0.1) is 0 Å². The van der Waals surface area contributed by atoms with Crippen molar-refractivity contribution in [2.45, 2.75) is 40.5 Å². The average molecular weight is 194 g/mol. The van der Waals surface area contributed by atoms with Gasteiger partial charge in [-0.25, -0.2) is 0 Å². The molecular formula is C13H22O. The number of aromatic hydroxyl groups is 1. The highest BCUT2D eigenvalue weighted by Crippen LogP contribution is 2.15. The van der Waals surface area contributed by atoms with Gasteiger partial charge in [-0.3, -0.25) is 0 Å². The lowest BCUT2D eigenvalue weighted by Crippen LogP contribution is -1.96. The molecule has 0 aliphatic carbocycles. The predicted octanol–water partition coefficient (Wildman–Crippen LogP) is 4.01. The second-order valence-electron chi connectivity index (χ2n) is 3.39. The number of rotatable bonds is 3. The molecule has 0 saturated heterocycles. The largest absolute Gasteiger partial charge is 0.508 e. The average Bonchev–Trinajstić information content (AvgIpc) is 2.21. The molecule has 1 unspecified atom stereocenters. The lowest BCUT2D eigenvalue weighted by Gasteiger charge is -2.07. The molecule has 0 spiro atoms. The molecule has 0 fully saturated rings. The Morgan fingerprint density at radius 3 is 2.43 bits per heavy atom. The van der Waals surface area contributed by atoms with E-state index in [-0.39, 0.29) is 0 Å². The first-order valence-corrected chi connectivity index (χ1v) is 5.50. The van der Waals surface area contributed by atoms with Gasteiger partial charge in [-0.1, -0.05) is 46.2 Å². The minimum atomic E-state index is 0.371. The summed E-state index contributed by atoms with van der Waals surface area (Å²) < 4.78 is 0. The van der Waals surface area contributed by atoms with E-state index in [0.717, 1.165) is 6.42 Å². The fourth-order valence-electron chi connectivity index (χ4n) is 1.23. The maximum Gasteiger partial charge on any atom is 0.115 e. The van der Waals surface area contributed by atoms with Crippen LogP contribution in [0.2, 0.25) is 0 Å². The highest BCUT2D eigenvalue weighted by Gasteiger charge is 2.00. The molecule has 1 atom stereocenters. The Hall–Kier alpha value is -0.980. The predicted molar refractivity (Wildman–Crippen MR) is 62.6 cm³/mol. The SMILES string of the molecule is CC.CCC(C)Cc1cccc(O)c1. The van der Waals surface area contributed by atoms with Crippen molar-refractivity contribution in [3.63, 3.8) is 0 Å². The third-order valence-corrected chi connectivity index (χ3v) is 2.19. The summed E-state index contributed by atoms with van der Waals surface area (Å²) in [5.74, 6) is 1.07. The topological polar surface area (TPSA) is 20.2 Å². The van der Waals surface area contributed by atoms with Crippen molar-refractivity contribution in [1.29, 1.82) is 0 Å². The molecule has 1 heteroatoms. The van der Waals surface area contributed by atoms with E-state index in [0.29, 0.717) is 11.7 Å². The summed E-state index contributed by atoms with van der Waals surface area (Å²) in [6.45, 7) is 8.41. The van der Waals surface area contributed by atoms with Gasteiger partial charge in [-0.15, -0.1) is 0 Å². The van der Waals surface area contributed by atoms with Gasteiger partial charge in [0.15, 0.2) is 0 Å². The quantitative estimate of drug-likeness (QED) is 0.771. The zero-order valence-electron chi connectivity index (χ0n) is 9.75. The summed E-state index contributed by atoms with van der Waals surface area (Å²) in [6, 6.07) is 7.51. The second-order valence-corrected chi connectivity index (χ2v) is 3.39. The molecule has 0 aromatic heterocycles. The number of benzene rings is 1. The van der Waals surface area contributed by atoms with Crippen molar-refractivity contribution >= 4 is 0 Å².